The molecule has 0 bridgehead atoms. The van der Waals surface area contributed by atoms with Gasteiger partial charge in [-0.2, -0.15) is 0 Å². The minimum absolute atomic E-state index is 0.279. The van der Waals surface area contributed by atoms with E-state index in [0.29, 0.717) is 41.9 Å². The molecule has 1 heterocycles. The number of amides is 3. The van der Waals surface area contributed by atoms with Crippen molar-refractivity contribution in [2.75, 3.05) is 31.5 Å². The molecule has 1 N–H and O–H groups in total. The minimum Gasteiger partial charge on any atom is -0.342 e. The van der Waals surface area contributed by atoms with Crippen molar-refractivity contribution in [3.05, 3.63) is 28.2 Å². The van der Waals surface area contributed by atoms with Gasteiger partial charge in [-0.3, -0.25) is 14.4 Å². The number of benzene rings is 1. The van der Waals surface area contributed by atoms with Crippen LogP contribution >= 0.6 is 23.2 Å². The van der Waals surface area contributed by atoms with E-state index in [2.05, 4.69) is 5.32 Å². The Labute approximate surface area is 150 Å². The summed E-state index contributed by atoms with van der Waals surface area (Å²) in [5.41, 5.74) is -0.817. The van der Waals surface area contributed by atoms with Crippen LogP contribution in [0.1, 0.15) is 13.8 Å². The van der Waals surface area contributed by atoms with Crippen molar-refractivity contribution in [2.24, 2.45) is 5.41 Å². The molecule has 0 saturated carbocycles. The summed E-state index contributed by atoms with van der Waals surface area (Å²) in [4.78, 5) is 39.2. The van der Waals surface area contributed by atoms with Crippen LogP contribution in [0, 0.1) is 5.41 Å². The Kier molecular flexibility index (Phi) is 5.72. The van der Waals surface area contributed by atoms with E-state index < -0.39 is 11.3 Å². The van der Waals surface area contributed by atoms with Crippen LogP contribution in [0.15, 0.2) is 18.2 Å². The monoisotopic (exact) mass is 371 g/mol. The quantitative estimate of drug-likeness (QED) is 0.651. The number of piperazine rings is 1. The first-order valence-corrected chi connectivity index (χ1v) is 8.26. The highest BCUT2D eigenvalue weighted by Gasteiger charge is 2.40. The van der Waals surface area contributed by atoms with E-state index in [-0.39, 0.29) is 5.91 Å². The maximum absolute atomic E-state index is 12.7. The van der Waals surface area contributed by atoms with E-state index >= 15 is 0 Å². The van der Waals surface area contributed by atoms with Crippen molar-refractivity contribution in [3.8, 4) is 0 Å². The SMILES string of the molecule is CC(C)(C(=O)Nc1cc(Cl)cc(Cl)c1)C(=O)N1CCN(C=O)CC1. The molecule has 0 radical (unpaired) electrons. The standard InChI is InChI=1S/C16H19Cl2N3O3/c1-16(2,15(24)21-5-3-20(10-22)4-6-21)14(23)19-13-8-11(17)7-12(18)9-13/h7-10H,3-6H2,1-2H3,(H,19,23). The number of halogens is 2. The first kappa shape index (κ1) is 18.5. The highest BCUT2D eigenvalue weighted by atomic mass is 35.5. The van der Waals surface area contributed by atoms with Crippen LogP contribution in [-0.4, -0.2) is 54.2 Å². The Morgan fingerprint density at radius 2 is 1.62 bits per heavy atom. The Morgan fingerprint density at radius 1 is 1.08 bits per heavy atom. The lowest BCUT2D eigenvalue weighted by atomic mass is 9.89. The van der Waals surface area contributed by atoms with Gasteiger partial charge in [-0.05, 0) is 32.0 Å². The third-order valence-electron chi connectivity index (χ3n) is 3.97. The van der Waals surface area contributed by atoms with Crippen LogP contribution in [0.5, 0.6) is 0 Å². The lowest BCUT2D eigenvalue weighted by Crippen LogP contribution is -2.54. The van der Waals surface area contributed by atoms with Crippen molar-refractivity contribution in [1.29, 1.82) is 0 Å². The second kappa shape index (κ2) is 7.40. The van der Waals surface area contributed by atoms with Gasteiger partial charge in [0.25, 0.3) is 0 Å². The van der Waals surface area contributed by atoms with E-state index in [1.807, 2.05) is 0 Å². The minimum atomic E-state index is -1.25. The summed E-state index contributed by atoms with van der Waals surface area (Å²) in [6.45, 7) is 4.91. The zero-order chi connectivity index (χ0) is 17.9. The zero-order valence-corrected chi connectivity index (χ0v) is 15.0. The lowest BCUT2D eigenvalue weighted by Gasteiger charge is -2.36. The fraction of sp³-hybridized carbons (Fsp3) is 0.438. The number of hydrogen-bond donors (Lipinski definition) is 1. The average Bonchev–Trinajstić information content (AvgIpc) is 2.53. The Hall–Kier alpha value is -1.79. The molecular weight excluding hydrogens is 353 g/mol. The molecule has 1 aliphatic heterocycles. The van der Waals surface area contributed by atoms with Crippen LogP contribution in [-0.2, 0) is 14.4 Å². The molecule has 2 rings (SSSR count). The first-order valence-electron chi connectivity index (χ1n) is 7.50. The van der Waals surface area contributed by atoms with Gasteiger partial charge in [0, 0.05) is 41.9 Å². The van der Waals surface area contributed by atoms with Crippen molar-refractivity contribution < 1.29 is 14.4 Å². The van der Waals surface area contributed by atoms with Gasteiger partial charge in [-0.25, -0.2) is 0 Å². The molecule has 8 heteroatoms. The first-order chi connectivity index (χ1) is 11.2. The molecule has 0 aromatic heterocycles. The number of hydrogen-bond acceptors (Lipinski definition) is 3. The van der Waals surface area contributed by atoms with E-state index in [1.54, 1.807) is 41.8 Å². The maximum Gasteiger partial charge on any atom is 0.239 e. The van der Waals surface area contributed by atoms with E-state index in [1.165, 1.54) is 0 Å². The number of carbonyl (C=O) groups is 3. The highest BCUT2D eigenvalue weighted by Crippen LogP contribution is 2.26. The second-order valence-corrected chi connectivity index (χ2v) is 7.04. The summed E-state index contributed by atoms with van der Waals surface area (Å²) in [5.74, 6) is -0.720. The third kappa shape index (κ3) is 4.19. The molecule has 1 fully saturated rings. The van der Waals surface area contributed by atoms with E-state index in [4.69, 9.17) is 23.2 Å². The fourth-order valence-electron chi connectivity index (χ4n) is 2.44. The number of rotatable bonds is 4. The Balaban J connectivity index is 2.06. The van der Waals surface area contributed by atoms with E-state index in [0.717, 1.165) is 6.41 Å². The largest absolute Gasteiger partial charge is 0.342 e. The highest BCUT2D eigenvalue weighted by molar-refractivity contribution is 6.35. The fourth-order valence-corrected chi connectivity index (χ4v) is 2.96. The Bertz CT molecular complexity index is 636. The van der Waals surface area contributed by atoms with Crippen molar-refractivity contribution in [3.63, 3.8) is 0 Å². The topological polar surface area (TPSA) is 69.7 Å². The van der Waals surface area contributed by atoms with Crippen LogP contribution in [0.3, 0.4) is 0 Å². The molecule has 130 valence electrons. The molecule has 3 amide bonds. The Morgan fingerprint density at radius 3 is 2.12 bits per heavy atom. The van der Waals surface area contributed by atoms with E-state index in [9.17, 15) is 14.4 Å². The van der Waals surface area contributed by atoms with Crippen molar-refractivity contribution in [2.45, 2.75) is 13.8 Å². The summed E-state index contributed by atoms with van der Waals surface area (Å²) in [5, 5.41) is 3.47. The molecule has 0 unspecified atom stereocenters. The summed E-state index contributed by atoms with van der Waals surface area (Å²) in [7, 11) is 0. The summed E-state index contributed by atoms with van der Waals surface area (Å²) < 4.78 is 0. The normalized spacial score (nSPS) is 15.2. The van der Waals surface area contributed by atoms with Crippen LogP contribution in [0.4, 0.5) is 5.69 Å². The molecule has 0 aliphatic carbocycles. The van der Waals surface area contributed by atoms with Gasteiger partial charge in [0.05, 0.1) is 0 Å². The third-order valence-corrected chi connectivity index (χ3v) is 4.41. The molecule has 1 saturated heterocycles. The molecule has 1 aliphatic rings. The zero-order valence-electron chi connectivity index (χ0n) is 13.5. The van der Waals surface area contributed by atoms with Crippen LogP contribution in [0.2, 0.25) is 10.0 Å². The van der Waals surface area contributed by atoms with Crippen LogP contribution < -0.4 is 5.32 Å². The van der Waals surface area contributed by atoms with Gasteiger partial charge in [-0.1, -0.05) is 23.2 Å². The van der Waals surface area contributed by atoms with Crippen molar-refractivity contribution >= 4 is 47.1 Å². The second-order valence-electron chi connectivity index (χ2n) is 6.17. The number of nitrogens with one attached hydrogen (secondary N) is 1. The van der Waals surface area contributed by atoms with Gasteiger partial charge in [0.1, 0.15) is 5.41 Å². The number of carbonyl (C=O) groups excluding carboxylic acids is 3. The summed E-state index contributed by atoms with van der Waals surface area (Å²) in [6, 6.07) is 4.69. The van der Waals surface area contributed by atoms with Gasteiger partial charge < -0.3 is 15.1 Å². The van der Waals surface area contributed by atoms with Gasteiger partial charge in [-0.15, -0.1) is 0 Å². The molecule has 0 atom stereocenters. The lowest BCUT2D eigenvalue weighted by molar-refractivity contribution is -0.148. The van der Waals surface area contributed by atoms with Gasteiger partial charge >= 0.3 is 0 Å². The molecule has 24 heavy (non-hydrogen) atoms. The molecule has 1 aromatic carbocycles. The van der Waals surface area contributed by atoms with Crippen LogP contribution in [0.25, 0.3) is 0 Å². The molecule has 1 aromatic rings. The number of anilines is 1. The maximum atomic E-state index is 12.7. The predicted octanol–water partition coefficient (Wildman–Crippen LogP) is 2.26. The van der Waals surface area contributed by atoms with Gasteiger partial charge in [0.15, 0.2) is 0 Å². The molecular formula is C16H19Cl2N3O3. The average molecular weight is 372 g/mol. The van der Waals surface area contributed by atoms with Crippen molar-refractivity contribution in [1.82, 2.24) is 9.80 Å². The predicted molar refractivity (Wildman–Crippen MR) is 93.1 cm³/mol. The van der Waals surface area contributed by atoms with Gasteiger partial charge in [0.2, 0.25) is 18.2 Å². The molecule has 6 nitrogen and oxygen atoms in total. The number of nitrogens with zero attached hydrogens (tertiary/aromatic N) is 2. The smallest absolute Gasteiger partial charge is 0.239 e. The molecule has 0 spiro atoms. The summed E-state index contributed by atoms with van der Waals surface area (Å²) >= 11 is 11.8. The summed E-state index contributed by atoms with van der Waals surface area (Å²) in [6.07, 6.45) is 0.766.